The highest BCUT2D eigenvalue weighted by molar-refractivity contribution is 5.99. The molecule has 0 atom stereocenters. The predicted octanol–water partition coefficient (Wildman–Crippen LogP) is 2.94. The molecular formula is C20H20N4O3. The summed E-state index contributed by atoms with van der Waals surface area (Å²) in [5.74, 6) is -0.354. The zero-order chi connectivity index (χ0) is 19.4. The number of carbonyl (C=O) groups excluding carboxylic acids is 2. The topological polar surface area (TPSA) is 107 Å². The summed E-state index contributed by atoms with van der Waals surface area (Å²) < 4.78 is 0. The molecule has 0 bridgehead atoms. The van der Waals surface area contributed by atoms with Crippen molar-refractivity contribution in [2.45, 2.75) is 20.3 Å². The van der Waals surface area contributed by atoms with Crippen molar-refractivity contribution in [3.63, 3.8) is 0 Å². The van der Waals surface area contributed by atoms with Crippen LogP contribution in [0.15, 0.2) is 58.9 Å². The quantitative estimate of drug-likeness (QED) is 0.523. The third kappa shape index (κ3) is 4.94. The molecule has 2 amide bonds. The Hall–Kier alpha value is -3.61. The first kappa shape index (κ1) is 18.2. The average Bonchev–Trinajstić information content (AvgIpc) is 2.95. The summed E-state index contributed by atoms with van der Waals surface area (Å²) in [7, 11) is 0. The molecule has 1 heterocycles. The highest BCUT2D eigenvalue weighted by atomic mass is 16.2. The number of anilines is 2. The van der Waals surface area contributed by atoms with Gasteiger partial charge in [0.05, 0.1) is 17.5 Å². The Morgan fingerprint density at radius 3 is 2.30 bits per heavy atom. The van der Waals surface area contributed by atoms with Gasteiger partial charge in [-0.05, 0) is 49.7 Å². The minimum absolute atomic E-state index is 0.173. The molecule has 27 heavy (non-hydrogen) atoms. The van der Waals surface area contributed by atoms with E-state index >= 15 is 0 Å². The molecule has 0 saturated carbocycles. The predicted molar refractivity (Wildman–Crippen MR) is 106 cm³/mol. The number of H-pyrrole nitrogens is 2. The van der Waals surface area contributed by atoms with E-state index in [1.165, 1.54) is 6.08 Å². The molecular weight excluding hydrogens is 344 g/mol. The molecule has 1 aromatic heterocycles. The number of amides is 2. The van der Waals surface area contributed by atoms with Crippen molar-refractivity contribution in [1.29, 1.82) is 0 Å². The van der Waals surface area contributed by atoms with Crippen LogP contribution in [-0.2, 0) is 16.0 Å². The van der Waals surface area contributed by atoms with Crippen LogP contribution in [-0.4, -0.2) is 21.8 Å². The third-order valence-electron chi connectivity index (χ3n) is 3.81. The number of aromatic amines is 2. The molecule has 7 nitrogen and oxygen atoms in total. The van der Waals surface area contributed by atoms with E-state index in [0.29, 0.717) is 22.4 Å². The van der Waals surface area contributed by atoms with Gasteiger partial charge in [-0.3, -0.25) is 9.59 Å². The zero-order valence-corrected chi connectivity index (χ0v) is 15.1. The molecule has 0 radical (unpaired) electrons. The summed E-state index contributed by atoms with van der Waals surface area (Å²) in [6.45, 7) is 3.71. The lowest BCUT2D eigenvalue weighted by atomic mass is 10.1. The number of hydrogen-bond donors (Lipinski definition) is 4. The van der Waals surface area contributed by atoms with E-state index in [4.69, 9.17) is 0 Å². The number of hydrogen-bond acceptors (Lipinski definition) is 3. The smallest absolute Gasteiger partial charge is 0.323 e. The van der Waals surface area contributed by atoms with E-state index in [2.05, 4.69) is 20.6 Å². The summed E-state index contributed by atoms with van der Waals surface area (Å²) in [4.78, 5) is 40.5. The molecule has 0 spiro atoms. The highest BCUT2D eigenvalue weighted by Gasteiger charge is 2.07. The van der Waals surface area contributed by atoms with Gasteiger partial charge in [-0.2, -0.15) is 0 Å². The van der Waals surface area contributed by atoms with Gasteiger partial charge in [-0.25, -0.2) is 4.79 Å². The Morgan fingerprint density at radius 1 is 0.926 bits per heavy atom. The maximum atomic E-state index is 12.2. The van der Waals surface area contributed by atoms with Crippen molar-refractivity contribution in [3.05, 3.63) is 70.2 Å². The number of fused-ring (bicyclic) bond motifs is 1. The number of rotatable bonds is 5. The van der Waals surface area contributed by atoms with Crippen molar-refractivity contribution in [2.24, 2.45) is 0 Å². The highest BCUT2D eigenvalue weighted by Crippen LogP contribution is 2.15. The monoisotopic (exact) mass is 364 g/mol. The summed E-state index contributed by atoms with van der Waals surface area (Å²) in [6, 6.07) is 12.3. The molecule has 138 valence electrons. The molecule has 3 aromatic rings. The van der Waals surface area contributed by atoms with Gasteiger partial charge >= 0.3 is 5.69 Å². The van der Waals surface area contributed by atoms with E-state index in [1.807, 2.05) is 13.8 Å². The molecule has 2 aromatic carbocycles. The largest absolute Gasteiger partial charge is 0.326 e. The Labute approximate surface area is 155 Å². The van der Waals surface area contributed by atoms with Crippen molar-refractivity contribution >= 4 is 34.2 Å². The van der Waals surface area contributed by atoms with Gasteiger partial charge in [0.2, 0.25) is 11.8 Å². The molecule has 0 aliphatic carbocycles. The second kappa shape index (κ2) is 7.74. The summed E-state index contributed by atoms with van der Waals surface area (Å²) in [5, 5.41) is 5.57. The fraction of sp³-hybridized carbons (Fsp3) is 0.150. The Balaban J connectivity index is 1.60. The van der Waals surface area contributed by atoms with Gasteiger partial charge in [0.15, 0.2) is 0 Å². The summed E-state index contributed by atoms with van der Waals surface area (Å²) in [6.07, 6.45) is 1.72. The zero-order valence-electron chi connectivity index (χ0n) is 15.1. The van der Waals surface area contributed by atoms with Crippen LogP contribution in [0, 0.1) is 0 Å². The SMILES string of the molecule is CC(C)=CC(=O)Nc1ccc(CC(=O)Nc2ccc3[nH]c(=O)[nH]c3c2)cc1. The second-order valence-corrected chi connectivity index (χ2v) is 6.47. The first-order chi connectivity index (χ1) is 12.9. The minimum atomic E-state index is -0.287. The van der Waals surface area contributed by atoms with Gasteiger partial charge in [0.25, 0.3) is 0 Å². The molecule has 0 aliphatic rings. The van der Waals surface area contributed by atoms with Gasteiger partial charge < -0.3 is 20.6 Å². The number of carbonyl (C=O) groups is 2. The van der Waals surface area contributed by atoms with Gasteiger partial charge in [-0.1, -0.05) is 17.7 Å². The van der Waals surface area contributed by atoms with Crippen LogP contribution in [0.4, 0.5) is 11.4 Å². The lowest BCUT2D eigenvalue weighted by molar-refractivity contribution is -0.115. The lowest BCUT2D eigenvalue weighted by Gasteiger charge is -2.07. The first-order valence-electron chi connectivity index (χ1n) is 8.46. The lowest BCUT2D eigenvalue weighted by Crippen LogP contribution is -2.14. The molecule has 0 aliphatic heterocycles. The number of imidazole rings is 1. The Kier molecular flexibility index (Phi) is 5.21. The summed E-state index contributed by atoms with van der Waals surface area (Å²) >= 11 is 0. The maximum Gasteiger partial charge on any atom is 0.323 e. The number of benzene rings is 2. The van der Waals surface area contributed by atoms with E-state index < -0.39 is 0 Å². The molecule has 3 rings (SSSR count). The van der Waals surface area contributed by atoms with Crippen LogP contribution < -0.4 is 16.3 Å². The normalized spacial score (nSPS) is 10.4. The van der Waals surface area contributed by atoms with E-state index in [9.17, 15) is 14.4 Å². The van der Waals surface area contributed by atoms with Crippen molar-refractivity contribution in [2.75, 3.05) is 10.6 Å². The first-order valence-corrected chi connectivity index (χ1v) is 8.46. The number of allylic oxidation sites excluding steroid dienone is 1. The fourth-order valence-electron chi connectivity index (χ4n) is 2.65. The van der Waals surface area contributed by atoms with E-state index in [-0.39, 0.29) is 23.9 Å². The van der Waals surface area contributed by atoms with Gasteiger partial charge in [0.1, 0.15) is 0 Å². The Bertz CT molecular complexity index is 1070. The minimum Gasteiger partial charge on any atom is -0.326 e. The molecule has 0 unspecified atom stereocenters. The van der Waals surface area contributed by atoms with Crippen LogP contribution in [0.2, 0.25) is 0 Å². The van der Waals surface area contributed by atoms with Crippen LogP contribution >= 0.6 is 0 Å². The fourth-order valence-corrected chi connectivity index (χ4v) is 2.65. The van der Waals surface area contributed by atoms with Crippen molar-refractivity contribution < 1.29 is 9.59 Å². The Morgan fingerprint density at radius 2 is 1.59 bits per heavy atom. The third-order valence-corrected chi connectivity index (χ3v) is 3.81. The molecule has 0 saturated heterocycles. The molecule has 7 heteroatoms. The van der Waals surface area contributed by atoms with Crippen LogP contribution in [0.1, 0.15) is 19.4 Å². The number of aromatic nitrogens is 2. The van der Waals surface area contributed by atoms with Crippen LogP contribution in [0.25, 0.3) is 11.0 Å². The van der Waals surface area contributed by atoms with Crippen LogP contribution in [0.5, 0.6) is 0 Å². The van der Waals surface area contributed by atoms with Gasteiger partial charge in [0, 0.05) is 17.5 Å². The molecule has 4 N–H and O–H groups in total. The van der Waals surface area contributed by atoms with E-state index in [1.54, 1.807) is 42.5 Å². The van der Waals surface area contributed by atoms with Crippen LogP contribution in [0.3, 0.4) is 0 Å². The average molecular weight is 364 g/mol. The maximum absolute atomic E-state index is 12.2. The number of nitrogens with one attached hydrogen (secondary N) is 4. The van der Waals surface area contributed by atoms with E-state index in [0.717, 1.165) is 11.1 Å². The van der Waals surface area contributed by atoms with Gasteiger partial charge in [-0.15, -0.1) is 0 Å². The molecule has 0 fully saturated rings. The summed E-state index contributed by atoms with van der Waals surface area (Å²) in [5.41, 5.74) is 4.05. The standard InChI is InChI=1S/C20H20N4O3/c1-12(2)9-18(25)21-14-5-3-13(4-6-14)10-19(26)22-15-7-8-16-17(11-15)24-20(27)23-16/h3-9,11H,10H2,1-2H3,(H,21,25)(H,22,26)(H2,23,24,27). The van der Waals surface area contributed by atoms with Crippen molar-refractivity contribution in [3.8, 4) is 0 Å². The van der Waals surface area contributed by atoms with Crippen molar-refractivity contribution in [1.82, 2.24) is 9.97 Å². The second-order valence-electron chi connectivity index (χ2n) is 6.47.